The van der Waals surface area contributed by atoms with Crippen LogP contribution < -0.4 is 10.6 Å². The first-order chi connectivity index (χ1) is 12.2. The Kier molecular flexibility index (Phi) is 6.48. The summed E-state index contributed by atoms with van der Waals surface area (Å²) >= 11 is 0. The lowest BCUT2D eigenvalue weighted by atomic mass is 9.89. The van der Waals surface area contributed by atoms with Gasteiger partial charge in [-0.15, -0.1) is 0 Å². The Morgan fingerprint density at radius 3 is 2.64 bits per heavy atom. The third-order valence-electron chi connectivity index (χ3n) is 5.14. The van der Waals surface area contributed by atoms with Crippen LogP contribution in [0.2, 0.25) is 0 Å². The van der Waals surface area contributed by atoms with Gasteiger partial charge < -0.3 is 20.5 Å². The van der Waals surface area contributed by atoms with E-state index in [0.717, 1.165) is 44.5 Å². The van der Waals surface area contributed by atoms with Crippen LogP contribution in [0.5, 0.6) is 0 Å². The monoisotopic (exact) mass is 344 g/mol. The molecule has 5 heteroatoms. The van der Waals surface area contributed by atoms with Gasteiger partial charge in [0.2, 0.25) is 0 Å². The van der Waals surface area contributed by atoms with Crippen LogP contribution in [0.25, 0.3) is 0 Å². The zero-order chi connectivity index (χ0) is 17.5. The molecule has 136 valence electrons. The number of urea groups is 1. The van der Waals surface area contributed by atoms with Crippen molar-refractivity contribution >= 4 is 6.03 Å². The largest absolute Gasteiger partial charge is 0.396 e. The number of carbonyl (C=O) groups is 1. The van der Waals surface area contributed by atoms with Crippen LogP contribution >= 0.6 is 0 Å². The molecule has 0 aromatic heterocycles. The first kappa shape index (κ1) is 18.0. The lowest BCUT2D eigenvalue weighted by Crippen LogP contribution is -2.43. The zero-order valence-electron chi connectivity index (χ0n) is 14.6. The molecule has 1 heterocycles. The van der Waals surface area contributed by atoms with Crippen molar-refractivity contribution in [1.82, 2.24) is 10.6 Å². The van der Waals surface area contributed by atoms with Gasteiger partial charge in [-0.25, -0.2) is 4.79 Å². The molecule has 3 rings (SSSR count). The Labute approximate surface area is 149 Å². The number of hydrogen-bond acceptors (Lipinski definition) is 3. The van der Waals surface area contributed by atoms with E-state index < -0.39 is 0 Å². The molecular weight excluding hydrogens is 316 g/mol. The lowest BCUT2D eigenvalue weighted by Gasteiger charge is -2.28. The number of ether oxygens (including phenoxy) is 1. The molecule has 1 aromatic carbocycles. The molecule has 3 atom stereocenters. The Morgan fingerprint density at radius 1 is 1.20 bits per heavy atom. The first-order valence-electron chi connectivity index (χ1n) is 9.23. The van der Waals surface area contributed by atoms with E-state index in [-0.39, 0.29) is 30.6 Å². The van der Waals surface area contributed by atoms with E-state index in [1.54, 1.807) is 0 Å². The molecule has 0 bridgehead atoms. The maximum absolute atomic E-state index is 12.5. The number of hydrogen-bond donors (Lipinski definition) is 3. The summed E-state index contributed by atoms with van der Waals surface area (Å²) in [6.45, 7) is 1.76. The second-order valence-electron chi connectivity index (χ2n) is 7.04. The van der Waals surface area contributed by atoms with E-state index in [4.69, 9.17) is 4.74 Å². The number of carbonyl (C=O) groups excluding carboxylic acids is 1. The number of nitrogens with one attached hydrogen (secondary N) is 2. The van der Waals surface area contributed by atoms with Gasteiger partial charge in [-0.3, -0.25) is 0 Å². The van der Waals surface area contributed by atoms with Crippen LogP contribution in [0.4, 0.5) is 4.79 Å². The molecule has 1 fully saturated rings. The predicted molar refractivity (Wildman–Crippen MR) is 97.1 cm³/mol. The molecule has 2 aliphatic rings. The summed E-state index contributed by atoms with van der Waals surface area (Å²) in [4.78, 5) is 12.5. The van der Waals surface area contributed by atoms with Crippen LogP contribution in [-0.4, -0.2) is 37.0 Å². The molecule has 5 nitrogen and oxygen atoms in total. The number of benzene rings is 1. The predicted octanol–water partition coefficient (Wildman–Crippen LogP) is 2.78. The molecular formula is C20H28N2O3. The SMILES string of the molecule is O=C(N[C@@H]1C=C[C@H](CO)C1)N[C@H](CC1CCOCC1)c1ccccc1. The third-order valence-corrected chi connectivity index (χ3v) is 5.14. The van der Waals surface area contributed by atoms with Crippen molar-refractivity contribution in [2.45, 2.75) is 37.8 Å². The van der Waals surface area contributed by atoms with Crippen LogP contribution in [0.15, 0.2) is 42.5 Å². The minimum absolute atomic E-state index is 0.00308. The fourth-order valence-corrected chi connectivity index (χ4v) is 3.66. The van der Waals surface area contributed by atoms with Gasteiger partial charge in [0.15, 0.2) is 0 Å². The standard InChI is InChI=1S/C20H28N2O3/c23-14-16-6-7-18(12-16)21-20(24)22-19(17-4-2-1-3-5-17)13-15-8-10-25-11-9-15/h1-7,15-16,18-19,23H,8-14H2,(H2,21,22,24)/t16-,18+,19+/m0/s1. The molecule has 1 saturated heterocycles. The fourth-order valence-electron chi connectivity index (χ4n) is 3.66. The van der Waals surface area contributed by atoms with Crippen LogP contribution in [0.1, 0.15) is 37.3 Å². The normalized spacial score (nSPS) is 24.8. The van der Waals surface area contributed by atoms with Gasteiger partial charge in [0, 0.05) is 31.8 Å². The molecule has 1 aliphatic carbocycles. The molecule has 3 N–H and O–H groups in total. The van der Waals surface area contributed by atoms with Gasteiger partial charge in [0.25, 0.3) is 0 Å². The van der Waals surface area contributed by atoms with Gasteiger partial charge in [-0.2, -0.15) is 0 Å². The highest BCUT2D eigenvalue weighted by atomic mass is 16.5. The molecule has 1 aromatic rings. The highest BCUT2D eigenvalue weighted by Gasteiger charge is 2.24. The molecule has 0 spiro atoms. The van der Waals surface area contributed by atoms with Crippen molar-refractivity contribution in [2.75, 3.05) is 19.8 Å². The van der Waals surface area contributed by atoms with Crippen LogP contribution in [0.3, 0.4) is 0 Å². The summed E-state index contributed by atoms with van der Waals surface area (Å²) in [5, 5.41) is 15.4. The van der Waals surface area contributed by atoms with Crippen molar-refractivity contribution in [1.29, 1.82) is 0 Å². The van der Waals surface area contributed by atoms with Crippen molar-refractivity contribution in [3.8, 4) is 0 Å². The van der Waals surface area contributed by atoms with E-state index in [0.29, 0.717) is 5.92 Å². The highest BCUT2D eigenvalue weighted by Crippen LogP contribution is 2.27. The minimum atomic E-state index is -0.144. The minimum Gasteiger partial charge on any atom is -0.396 e. The van der Waals surface area contributed by atoms with E-state index >= 15 is 0 Å². The summed E-state index contributed by atoms with van der Waals surface area (Å²) in [7, 11) is 0. The molecule has 25 heavy (non-hydrogen) atoms. The Bertz CT molecular complexity index is 570. The summed E-state index contributed by atoms with van der Waals surface area (Å²) in [5.74, 6) is 0.724. The van der Waals surface area contributed by atoms with Crippen LogP contribution in [0, 0.1) is 11.8 Å². The first-order valence-corrected chi connectivity index (χ1v) is 9.23. The van der Waals surface area contributed by atoms with Crippen molar-refractivity contribution in [3.05, 3.63) is 48.0 Å². The second-order valence-corrected chi connectivity index (χ2v) is 7.04. The molecule has 0 saturated carbocycles. The average Bonchev–Trinajstić information content (AvgIpc) is 3.10. The van der Waals surface area contributed by atoms with E-state index in [2.05, 4.69) is 22.8 Å². The molecule has 2 amide bonds. The maximum atomic E-state index is 12.5. The summed E-state index contributed by atoms with van der Waals surface area (Å²) in [5.41, 5.74) is 1.14. The smallest absolute Gasteiger partial charge is 0.315 e. The maximum Gasteiger partial charge on any atom is 0.315 e. The van der Waals surface area contributed by atoms with Gasteiger partial charge in [0.1, 0.15) is 0 Å². The highest BCUT2D eigenvalue weighted by molar-refractivity contribution is 5.75. The fraction of sp³-hybridized carbons (Fsp3) is 0.550. The topological polar surface area (TPSA) is 70.6 Å². The average molecular weight is 344 g/mol. The van der Waals surface area contributed by atoms with Gasteiger partial charge >= 0.3 is 6.03 Å². The van der Waals surface area contributed by atoms with E-state index in [9.17, 15) is 9.90 Å². The number of amides is 2. The summed E-state index contributed by atoms with van der Waals surface area (Å²) in [6.07, 6.45) is 7.74. The van der Waals surface area contributed by atoms with Crippen molar-refractivity contribution < 1.29 is 14.6 Å². The number of aliphatic hydroxyl groups excluding tert-OH is 1. The van der Waals surface area contributed by atoms with E-state index in [1.165, 1.54) is 0 Å². The molecule has 0 unspecified atom stereocenters. The molecule has 1 aliphatic heterocycles. The Hall–Kier alpha value is -1.85. The Morgan fingerprint density at radius 2 is 1.96 bits per heavy atom. The Balaban J connectivity index is 1.59. The van der Waals surface area contributed by atoms with Gasteiger partial charge in [-0.1, -0.05) is 42.5 Å². The zero-order valence-corrected chi connectivity index (χ0v) is 14.6. The second kappa shape index (κ2) is 9.02. The number of aliphatic hydroxyl groups is 1. The molecule has 0 radical (unpaired) electrons. The van der Waals surface area contributed by atoms with Gasteiger partial charge in [0.05, 0.1) is 6.04 Å². The van der Waals surface area contributed by atoms with Crippen molar-refractivity contribution in [2.24, 2.45) is 11.8 Å². The lowest BCUT2D eigenvalue weighted by molar-refractivity contribution is 0.0608. The third kappa shape index (κ3) is 5.31. The summed E-state index contributed by atoms with van der Waals surface area (Å²) < 4.78 is 5.45. The quantitative estimate of drug-likeness (QED) is 0.695. The van der Waals surface area contributed by atoms with Crippen LogP contribution in [-0.2, 0) is 4.74 Å². The van der Waals surface area contributed by atoms with Crippen molar-refractivity contribution in [3.63, 3.8) is 0 Å². The van der Waals surface area contributed by atoms with E-state index in [1.807, 2.05) is 30.4 Å². The summed E-state index contributed by atoms with van der Waals surface area (Å²) in [6, 6.07) is 10.0. The van der Waals surface area contributed by atoms with Gasteiger partial charge in [-0.05, 0) is 37.2 Å². The number of rotatable bonds is 6.